The Balaban J connectivity index is 2.12. The van der Waals surface area contributed by atoms with Crippen molar-refractivity contribution in [3.8, 4) is 0 Å². The number of ether oxygens (including phenoxy) is 1. The molecule has 1 aromatic carbocycles. The first kappa shape index (κ1) is 14.9. The van der Waals surface area contributed by atoms with Gasteiger partial charge in [0.25, 0.3) is 0 Å². The predicted octanol–water partition coefficient (Wildman–Crippen LogP) is 2.73. The van der Waals surface area contributed by atoms with E-state index < -0.39 is 16.4 Å². The molecule has 0 radical (unpaired) electrons. The molecule has 0 N–H and O–H groups in total. The molecule has 1 aliphatic rings. The van der Waals surface area contributed by atoms with Crippen molar-refractivity contribution in [3.05, 3.63) is 39.7 Å². The van der Waals surface area contributed by atoms with Gasteiger partial charge in [0.2, 0.25) is 5.82 Å². The molecule has 0 spiro atoms. The fraction of sp³-hybridized carbons (Fsp3) is 0.571. The summed E-state index contributed by atoms with van der Waals surface area (Å²) in [5.41, 5.74) is 0.275. The van der Waals surface area contributed by atoms with Crippen LogP contribution in [0.3, 0.4) is 0 Å². The average molecular weight is 282 g/mol. The number of morpholine rings is 1. The van der Waals surface area contributed by atoms with Crippen molar-refractivity contribution < 1.29 is 14.1 Å². The van der Waals surface area contributed by atoms with Crippen molar-refractivity contribution in [2.24, 2.45) is 0 Å². The second kappa shape index (κ2) is 6.28. The maximum atomic E-state index is 13.6. The van der Waals surface area contributed by atoms with Gasteiger partial charge in [-0.3, -0.25) is 15.0 Å². The van der Waals surface area contributed by atoms with E-state index in [9.17, 15) is 14.5 Å². The van der Waals surface area contributed by atoms with E-state index in [-0.39, 0.29) is 6.10 Å². The maximum absolute atomic E-state index is 13.6. The van der Waals surface area contributed by atoms with Gasteiger partial charge in [-0.25, -0.2) is 0 Å². The van der Waals surface area contributed by atoms with E-state index in [0.717, 1.165) is 18.5 Å². The smallest absolute Gasteiger partial charge is 0.304 e. The van der Waals surface area contributed by atoms with Crippen molar-refractivity contribution in [1.82, 2.24) is 4.90 Å². The molecule has 1 aliphatic heterocycles. The molecule has 2 atom stereocenters. The molecule has 1 heterocycles. The fourth-order valence-electron chi connectivity index (χ4n) is 2.51. The zero-order valence-corrected chi connectivity index (χ0v) is 11.7. The highest BCUT2D eigenvalue weighted by molar-refractivity contribution is 5.35. The molecule has 20 heavy (non-hydrogen) atoms. The number of nitro groups is 1. The fourth-order valence-corrected chi connectivity index (χ4v) is 2.51. The molecule has 110 valence electrons. The van der Waals surface area contributed by atoms with Gasteiger partial charge in [-0.1, -0.05) is 13.0 Å². The Bertz CT molecular complexity index is 495. The van der Waals surface area contributed by atoms with Crippen molar-refractivity contribution in [3.63, 3.8) is 0 Å². The van der Waals surface area contributed by atoms with Gasteiger partial charge in [0.05, 0.1) is 17.6 Å². The highest BCUT2D eigenvalue weighted by Gasteiger charge is 2.26. The summed E-state index contributed by atoms with van der Waals surface area (Å²) >= 11 is 0. The van der Waals surface area contributed by atoms with Gasteiger partial charge >= 0.3 is 5.69 Å². The molecular formula is C14H19FN2O3. The number of hydrogen-bond acceptors (Lipinski definition) is 4. The van der Waals surface area contributed by atoms with Crippen LogP contribution in [0, 0.1) is 15.9 Å². The Morgan fingerprint density at radius 3 is 2.90 bits per heavy atom. The molecule has 1 aromatic rings. The first-order chi connectivity index (χ1) is 9.51. The Morgan fingerprint density at radius 1 is 1.55 bits per heavy atom. The van der Waals surface area contributed by atoms with Crippen molar-refractivity contribution in [2.45, 2.75) is 39.0 Å². The van der Waals surface area contributed by atoms with Gasteiger partial charge in [0, 0.05) is 25.2 Å². The topological polar surface area (TPSA) is 55.6 Å². The standard InChI is InChI=1S/C14H19FN2O3/c1-3-12-9-20-10(2)7-16(12)8-11-4-5-14(17(18)19)13(15)6-11/h4-6,10,12H,3,7-9H2,1-2H3. The minimum atomic E-state index is -0.776. The summed E-state index contributed by atoms with van der Waals surface area (Å²) in [6.07, 6.45) is 1.11. The highest BCUT2D eigenvalue weighted by Crippen LogP contribution is 2.22. The third-order valence-electron chi connectivity index (χ3n) is 3.65. The summed E-state index contributed by atoms with van der Waals surface area (Å²) in [7, 11) is 0. The summed E-state index contributed by atoms with van der Waals surface area (Å²) in [6, 6.07) is 4.42. The number of rotatable bonds is 4. The summed E-state index contributed by atoms with van der Waals surface area (Å²) in [6.45, 7) is 6.15. The van der Waals surface area contributed by atoms with Crippen LogP contribution in [0.1, 0.15) is 25.8 Å². The van der Waals surface area contributed by atoms with E-state index in [2.05, 4.69) is 11.8 Å². The molecule has 0 aliphatic carbocycles. The largest absolute Gasteiger partial charge is 0.376 e. The van der Waals surface area contributed by atoms with Crippen LogP contribution >= 0.6 is 0 Å². The number of halogens is 1. The molecule has 2 rings (SSSR count). The minimum Gasteiger partial charge on any atom is -0.376 e. The Hall–Kier alpha value is -1.53. The number of nitrogens with zero attached hydrogens (tertiary/aromatic N) is 2. The van der Waals surface area contributed by atoms with E-state index in [1.165, 1.54) is 12.1 Å². The van der Waals surface area contributed by atoms with Crippen LogP contribution in [0.25, 0.3) is 0 Å². The highest BCUT2D eigenvalue weighted by atomic mass is 19.1. The average Bonchev–Trinajstić information content (AvgIpc) is 2.38. The minimum absolute atomic E-state index is 0.153. The Morgan fingerprint density at radius 2 is 2.30 bits per heavy atom. The second-order valence-corrected chi connectivity index (χ2v) is 5.18. The van der Waals surface area contributed by atoms with Crippen molar-refractivity contribution >= 4 is 5.69 Å². The van der Waals surface area contributed by atoms with Gasteiger partial charge in [-0.05, 0) is 25.0 Å². The molecule has 0 saturated carbocycles. The lowest BCUT2D eigenvalue weighted by Crippen LogP contribution is -2.47. The molecule has 5 nitrogen and oxygen atoms in total. The predicted molar refractivity (Wildman–Crippen MR) is 73.0 cm³/mol. The van der Waals surface area contributed by atoms with E-state index >= 15 is 0 Å². The van der Waals surface area contributed by atoms with Gasteiger partial charge < -0.3 is 4.74 Å². The first-order valence-electron chi connectivity index (χ1n) is 6.79. The number of nitro benzene ring substituents is 1. The van der Waals surface area contributed by atoms with Gasteiger partial charge in [-0.2, -0.15) is 4.39 Å². The molecule has 2 unspecified atom stereocenters. The Labute approximate surface area is 117 Å². The van der Waals surface area contributed by atoms with Crippen LogP contribution in [0.4, 0.5) is 10.1 Å². The van der Waals surface area contributed by atoms with E-state index in [1.54, 1.807) is 6.07 Å². The van der Waals surface area contributed by atoms with E-state index in [1.807, 2.05) is 6.92 Å². The quantitative estimate of drug-likeness (QED) is 0.629. The van der Waals surface area contributed by atoms with Gasteiger partial charge in [-0.15, -0.1) is 0 Å². The van der Waals surface area contributed by atoms with Crippen LogP contribution in [-0.2, 0) is 11.3 Å². The zero-order chi connectivity index (χ0) is 14.7. The van der Waals surface area contributed by atoms with Crippen LogP contribution < -0.4 is 0 Å². The summed E-state index contributed by atoms with van der Waals surface area (Å²) in [4.78, 5) is 12.1. The molecule has 0 bridgehead atoms. The molecule has 0 aromatic heterocycles. The lowest BCUT2D eigenvalue weighted by molar-refractivity contribution is -0.387. The number of hydrogen-bond donors (Lipinski definition) is 0. The third kappa shape index (κ3) is 3.32. The van der Waals surface area contributed by atoms with E-state index in [4.69, 9.17) is 4.74 Å². The first-order valence-corrected chi connectivity index (χ1v) is 6.79. The van der Waals surface area contributed by atoms with Gasteiger partial charge in [0.1, 0.15) is 0 Å². The van der Waals surface area contributed by atoms with Crippen LogP contribution in [0.5, 0.6) is 0 Å². The third-order valence-corrected chi connectivity index (χ3v) is 3.65. The lowest BCUT2D eigenvalue weighted by atomic mass is 10.1. The summed E-state index contributed by atoms with van der Waals surface area (Å²) in [5, 5.41) is 10.6. The molecule has 0 amide bonds. The SMILES string of the molecule is CCC1COC(C)CN1Cc1ccc([N+](=O)[O-])c(F)c1. The molecular weight excluding hydrogens is 263 g/mol. The molecule has 1 fully saturated rings. The Kier molecular flexibility index (Phi) is 4.67. The van der Waals surface area contributed by atoms with Gasteiger partial charge in [0.15, 0.2) is 0 Å². The zero-order valence-electron chi connectivity index (χ0n) is 11.7. The molecule has 1 saturated heterocycles. The summed E-state index contributed by atoms with van der Waals surface area (Å²) < 4.78 is 19.2. The lowest BCUT2D eigenvalue weighted by Gasteiger charge is -2.38. The van der Waals surface area contributed by atoms with Crippen molar-refractivity contribution in [2.75, 3.05) is 13.2 Å². The van der Waals surface area contributed by atoms with Crippen LogP contribution in [-0.4, -0.2) is 35.1 Å². The normalized spacial score (nSPS) is 23.8. The summed E-state index contributed by atoms with van der Waals surface area (Å²) in [5.74, 6) is -0.776. The van der Waals surface area contributed by atoms with Crippen LogP contribution in [0.2, 0.25) is 0 Å². The van der Waals surface area contributed by atoms with Crippen molar-refractivity contribution in [1.29, 1.82) is 0 Å². The van der Waals surface area contributed by atoms with Crippen LogP contribution in [0.15, 0.2) is 18.2 Å². The maximum Gasteiger partial charge on any atom is 0.304 e. The molecule has 6 heteroatoms. The van der Waals surface area contributed by atoms with E-state index in [0.29, 0.717) is 19.2 Å². The monoisotopic (exact) mass is 282 g/mol. The number of benzene rings is 1. The second-order valence-electron chi connectivity index (χ2n) is 5.18.